The summed E-state index contributed by atoms with van der Waals surface area (Å²) in [5, 5.41) is 6.47. The fraction of sp³-hybridized carbons (Fsp3) is 0.696. The molecule has 1 aromatic carbocycles. The summed E-state index contributed by atoms with van der Waals surface area (Å²) < 4.78 is 0. The van der Waals surface area contributed by atoms with E-state index in [-0.39, 0.29) is 5.91 Å². The standard InChI is InChI=1S/C23H37N3O/c1-18-13-19(2)16-26(15-18)17-22-5-3-21(4-6-22)14-25-23(27)8-7-20-9-11-24-12-10-20/h3-6,18-20,24H,7-17H2,1-2H3,(H,25,27). The minimum atomic E-state index is 0.189. The zero-order valence-corrected chi connectivity index (χ0v) is 17.2. The Kier molecular flexibility index (Phi) is 7.71. The number of carbonyl (C=O) groups is 1. The maximum atomic E-state index is 12.1. The molecule has 4 heteroatoms. The monoisotopic (exact) mass is 371 g/mol. The van der Waals surface area contributed by atoms with Crippen LogP contribution >= 0.6 is 0 Å². The first-order valence-electron chi connectivity index (χ1n) is 10.9. The van der Waals surface area contributed by atoms with Gasteiger partial charge in [0, 0.05) is 32.6 Å². The van der Waals surface area contributed by atoms with Gasteiger partial charge in [-0.05, 0) is 67.7 Å². The second-order valence-electron chi connectivity index (χ2n) is 8.97. The van der Waals surface area contributed by atoms with Crippen molar-refractivity contribution in [3.8, 4) is 0 Å². The zero-order chi connectivity index (χ0) is 19.1. The number of carbonyl (C=O) groups excluding carboxylic acids is 1. The molecule has 0 spiro atoms. The van der Waals surface area contributed by atoms with Crippen LogP contribution in [0.3, 0.4) is 0 Å². The summed E-state index contributed by atoms with van der Waals surface area (Å²) in [6.45, 7) is 11.0. The number of nitrogens with one attached hydrogen (secondary N) is 2. The lowest BCUT2D eigenvalue weighted by molar-refractivity contribution is -0.121. The Morgan fingerprint density at radius 2 is 1.70 bits per heavy atom. The summed E-state index contributed by atoms with van der Waals surface area (Å²) in [6.07, 6.45) is 5.46. The number of benzene rings is 1. The van der Waals surface area contributed by atoms with Crippen LogP contribution in [0, 0.1) is 17.8 Å². The van der Waals surface area contributed by atoms with E-state index in [0.717, 1.165) is 43.8 Å². The van der Waals surface area contributed by atoms with E-state index in [4.69, 9.17) is 0 Å². The van der Waals surface area contributed by atoms with E-state index in [1.807, 2.05) is 0 Å². The first-order chi connectivity index (χ1) is 13.1. The lowest BCUT2D eigenvalue weighted by Crippen LogP contribution is -2.38. The fourth-order valence-corrected chi connectivity index (χ4v) is 4.74. The third kappa shape index (κ3) is 6.93. The molecule has 27 heavy (non-hydrogen) atoms. The maximum Gasteiger partial charge on any atom is 0.220 e. The van der Waals surface area contributed by atoms with Crippen LogP contribution in [0.1, 0.15) is 57.1 Å². The Morgan fingerprint density at radius 3 is 2.37 bits per heavy atom. The highest BCUT2D eigenvalue weighted by Gasteiger charge is 2.21. The van der Waals surface area contributed by atoms with E-state index in [2.05, 4.69) is 53.6 Å². The molecule has 2 aliphatic heterocycles. The number of nitrogens with zero attached hydrogens (tertiary/aromatic N) is 1. The number of likely N-dealkylation sites (tertiary alicyclic amines) is 1. The molecule has 2 heterocycles. The van der Waals surface area contributed by atoms with Gasteiger partial charge in [0.2, 0.25) is 5.91 Å². The number of amides is 1. The highest BCUT2D eigenvalue weighted by molar-refractivity contribution is 5.75. The quantitative estimate of drug-likeness (QED) is 0.770. The number of piperidine rings is 2. The molecule has 2 N–H and O–H groups in total. The molecule has 0 bridgehead atoms. The average Bonchev–Trinajstić information content (AvgIpc) is 2.66. The van der Waals surface area contributed by atoms with Gasteiger partial charge in [-0.15, -0.1) is 0 Å². The van der Waals surface area contributed by atoms with E-state index >= 15 is 0 Å². The zero-order valence-electron chi connectivity index (χ0n) is 17.2. The maximum absolute atomic E-state index is 12.1. The Labute approximate surface area is 165 Å². The molecule has 2 fully saturated rings. The average molecular weight is 372 g/mol. The molecule has 2 atom stereocenters. The molecule has 1 amide bonds. The van der Waals surface area contributed by atoms with Crippen LogP contribution in [0.2, 0.25) is 0 Å². The summed E-state index contributed by atoms with van der Waals surface area (Å²) >= 11 is 0. The van der Waals surface area contributed by atoms with Crippen molar-refractivity contribution in [3.63, 3.8) is 0 Å². The minimum Gasteiger partial charge on any atom is -0.352 e. The minimum absolute atomic E-state index is 0.189. The Balaban J connectivity index is 1.37. The Bertz CT molecular complexity index is 570. The van der Waals surface area contributed by atoms with Crippen LogP contribution < -0.4 is 10.6 Å². The topological polar surface area (TPSA) is 44.4 Å². The summed E-state index contributed by atoms with van der Waals surface area (Å²) in [6, 6.07) is 8.78. The summed E-state index contributed by atoms with van der Waals surface area (Å²) in [4.78, 5) is 14.7. The molecule has 2 saturated heterocycles. The van der Waals surface area contributed by atoms with Crippen molar-refractivity contribution >= 4 is 5.91 Å². The Morgan fingerprint density at radius 1 is 1.07 bits per heavy atom. The lowest BCUT2D eigenvalue weighted by atomic mass is 9.91. The van der Waals surface area contributed by atoms with Gasteiger partial charge in [0.15, 0.2) is 0 Å². The Hall–Kier alpha value is -1.39. The largest absolute Gasteiger partial charge is 0.352 e. The predicted molar refractivity (Wildman–Crippen MR) is 111 cm³/mol. The van der Waals surface area contributed by atoms with Gasteiger partial charge in [0.05, 0.1) is 0 Å². The number of hydrogen-bond donors (Lipinski definition) is 2. The van der Waals surface area contributed by atoms with Crippen molar-refractivity contribution in [2.45, 2.75) is 59.0 Å². The van der Waals surface area contributed by atoms with Gasteiger partial charge in [-0.3, -0.25) is 9.69 Å². The highest BCUT2D eigenvalue weighted by Crippen LogP contribution is 2.22. The molecule has 3 rings (SSSR count). The summed E-state index contributed by atoms with van der Waals surface area (Å²) in [5.41, 5.74) is 2.56. The summed E-state index contributed by atoms with van der Waals surface area (Å²) in [5.74, 6) is 2.51. The number of hydrogen-bond acceptors (Lipinski definition) is 3. The van der Waals surface area contributed by atoms with Crippen molar-refractivity contribution in [1.29, 1.82) is 0 Å². The van der Waals surface area contributed by atoms with Gasteiger partial charge in [0.1, 0.15) is 0 Å². The lowest BCUT2D eigenvalue weighted by Gasteiger charge is -2.35. The second kappa shape index (κ2) is 10.2. The van der Waals surface area contributed by atoms with Gasteiger partial charge in [-0.2, -0.15) is 0 Å². The van der Waals surface area contributed by atoms with Crippen LogP contribution in [-0.2, 0) is 17.9 Å². The second-order valence-corrected chi connectivity index (χ2v) is 8.97. The fourth-order valence-electron chi connectivity index (χ4n) is 4.74. The molecular formula is C23H37N3O. The molecule has 1 aromatic rings. The van der Waals surface area contributed by atoms with Crippen molar-refractivity contribution in [2.75, 3.05) is 26.2 Å². The normalized spacial score (nSPS) is 24.7. The van der Waals surface area contributed by atoms with E-state index in [1.165, 1.54) is 43.5 Å². The molecule has 2 aliphatic rings. The number of rotatable bonds is 7. The molecule has 0 saturated carbocycles. The van der Waals surface area contributed by atoms with Crippen molar-refractivity contribution in [1.82, 2.24) is 15.5 Å². The predicted octanol–water partition coefficient (Wildman–Crippen LogP) is 3.56. The molecule has 150 valence electrons. The van der Waals surface area contributed by atoms with Crippen LogP contribution in [-0.4, -0.2) is 37.0 Å². The highest BCUT2D eigenvalue weighted by atomic mass is 16.1. The first-order valence-corrected chi connectivity index (χ1v) is 10.9. The van der Waals surface area contributed by atoms with Crippen LogP contribution in [0.5, 0.6) is 0 Å². The van der Waals surface area contributed by atoms with E-state index in [1.54, 1.807) is 0 Å². The smallest absolute Gasteiger partial charge is 0.220 e. The van der Waals surface area contributed by atoms with Gasteiger partial charge in [0.25, 0.3) is 0 Å². The third-order valence-corrected chi connectivity index (χ3v) is 6.10. The SMILES string of the molecule is CC1CC(C)CN(Cc2ccc(CNC(=O)CCC3CCNCC3)cc2)C1. The van der Waals surface area contributed by atoms with Crippen molar-refractivity contribution in [2.24, 2.45) is 17.8 Å². The third-order valence-electron chi connectivity index (χ3n) is 6.10. The van der Waals surface area contributed by atoms with E-state index in [9.17, 15) is 4.79 Å². The molecule has 4 nitrogen and oxygen atoms in total. The molecular weight excluding hydrogens is 334 g/mol. The molecule has 0 aromatic heterocycles. The molecule has 2 unspecified atom stereocenters. The van der Waals surface area contributed by atoms with E-state index in [0.29, 0.717) is 13.0 Å². The van der Waals surface area contributed by atoms with Crippen molar-refractivity contribution in [3.05, 3.63) is 35.4 Å². The van der Waals surface area contributed by atoms with Gasteiger partial charge < -0.3 is 10.6 Å². The first kappa shape index (κ1) is 20.3. The van der Waals surface area contributed by atoms with Crippen LogP contribution in [0.4, 0.5) is 0 Å². The van der Waals surface area contributed by atoms with Crippen LogP contribution in [0.15, 0.2) is 24.3 Å². The molecule has 0 aliphatic carbocycles. The van der Waals surface area contributed by atoms with Gasteiger partial charge in [-0.25, -0.2) is 0 Å². The summed E-state index contributed by atoms with van der Waals surface area (Å²) in [7, 11) is 0. The van der Waals surface area contributed by atoms with Gasteiger partial charge in [-0.1, -0.05) is 38.1 Å². The van der Waals surface area contributed by atoms with Gasteiger partial charge >= 0.3 is 0 Å². The molecule has 0 radical (unpaired) electrons. The van der Waals surface area contributed by atoms with E-state index < -0.39 is 0 Å². The van der Waals surface area contributed by atoms with Crippen molar-refractivity contribution < 1.29 is 4.79 Å². The van der Waals surface area contributed by atoms with Crippen LogP contribution in [0.25, 0.3) is 0 Å².